The van der Waals surface area contributed by atoms with Crippen molar-refractivity contribution in [3.63, 3.8) is 0 Å². The van der Waals surface area contributed by atoms with Gasteiger partial charge in [-0.2, -0.15) is 0 Å². The molecule has 0 aliphatic carbocycles. The van der Waals surface area contributed by atoms with Crippen LogP contribution in [0.3, 0.4) is 0 Å². The van der Waals surface area contributed by atoms with E-state index in [1.54, 1.807) is 24.3 Å². The van der Waals surface area contributed by atoms with Crippen molar-refractivity contribution in [1.82, 2.24) is 0 Å². The summed E-state index contributed by atoms with van der Waals surface area (Å²) in [5.41, 5.74) is 1.65. The second-order valence-electron chi connectivity index (χ2n) is 5.29. The van der Waals surface area contributed by atoms with Crippen LogP contribution in [0.4, 0.5) is 11.4 Å². The van der Waals surface area contributed by atoms with Crippen LogP contribution in [-0.4, -0.2) is 28.6 Å². The minimum absolute atomic E-state index is 0.260. The number of halogens is 1. The lowest BCUT2D eigenvalue weighted by molar-refractivity contribution is 0.590. The molecule has 6 heteroatoms. The highest BCUT2D eigenvalue weighted by Gasteiger charge is 2.29. The highest BCUT2D eigenvalue weighted by molar-refractivity contribution is 7.92. The number of nitrogens with zero attached hydrogens (tertiary/aromatic N) is 2. The fraction of sp³-hybridized carbons (Fsp3) is 0.250. The van der Waals surface area contributed by atoms with Crippen LogP contribution in [0.15, 0.2) is 53.4 Å². The Bertz CT molecular complexity index is 775. The van der Waals surface area contributed by atoms with Gasteiger partial charge in [-0.25, -0.2) is 8.42 Å². The van der Waals surface area contributed by atoms with E-state index in [0.717, 1.165) is 24.3 Å². The average molecular weight is 337 g/mol. The molecular formula is C16H17ClN2O2S. The van der Waals surface area contributed by atoms with Gasteiger partial charge in [-0.05, 0) is 42.8 Å². The first-order valence-corrected chi connectivity index (χ1v) is 8.90. The van der Waals surface area contributed by atoms with Gasteiger partial charge in [-0.15, -0.1) is 0 Å². The monoisotopic (exact) mass is 336 g/mol. The van der Waals surface area contributed by atoms with Crippen LogP contribution in [0.2, 0.25) is 5.02 Å². The summed E-state index contributed by atoms with van der Waals surface area (Å²) in [4.78, 5) is 2.35. The Hall–Kier alpha value is -1.72. The minimum Gasteiger partial charge on any atom is -0.373 e. The van der Waals surface area contributed by atoms with Crippen molar-refractivity contribution in [1.29, 1.82) is 0 Å². The lowest BCUT2D eigenvalue weighted by Gasteiger charge is -2.25. The normalized spacial score (nSPS) is 15.4. The van der Waals surface area contributed by atoms with E-state index in [9.17, 15) is 8.42 Å². The summed E-state index contributed by atoms with van der Waals surface area (Å²) in [7, 11) is -1.61. The first kappa shape index (κ1) is 15.2. The Kier molecular flexibility index (Phi) is 4.02. The molecule has 3 rings (SSSR count). The quantitative estimate of drug-likeness (QED) is 0.844. The van der Waals surface area contributed by atoms with Crippen LogP contribution in [-0.2, 0) is 10.0 Å². The molecule has 2 aromatic rings. The first-order valence-electron chi connectivity index (χ1n) is 7.08. The Morgan fingerprint density at radius 3 is 2.27 bits per heavy atom. The molecule has 0 N–H and O–H groups in total. The Morgan fingerprint density at radius 2 is 1.59 bits per heavy atom. The smallest absolute Gasteiger partial charge is 0.264 e. The maximum Gasteiger partial charge on any atom is 0.264 e. The molecule has 0 fully saturated rings. The molecule has 1 aliphatic heterocycles. The third-order valence-corrected chi connectivity index (χ3v) is 5.90. The van der Waals surface area contributed by atoms with E-state index in [0.29, 0.717) is 11.6 Å². The van der Waals surface area contributed by atoms with Gasteiger partial charge < -0.3 is 4.90 Å². The maximum absolute atomic E-state index is 13.0. The number of hydrogen-bond donors (Lipinski definition) is 0. The van der Waals surface area contributed by atoms with Gasteiger partial charge in [0.15, 0.2) is 0 Å². The van der Waals surface area contributed by atoms with Crippen LogP contribution in [0.25, 0.3) is 0 Å². The SMILES string of the molecule is CN1CCCN(S(=O)(=O)c2ccc(Cl)cc2)c2ccccc21. The third kappa shape index (κ3) is 2.66. The van der Waals surface area contributed by atoms with E-state index in [2.05, 4.69) is 4.90 Å². The summed E-state index contributed by atoms with van der Waals surface area (Å²) >= 11 is 5.86. The van der Waals surface area contributed by atoms with Crippen molar-refractivity contribution >= 4 is 33.0 Å². The standard InChI is InChI=1S/C16H17ClN2O2S/c1-18-11-4-12-19(16-6-3-2-5-15(16)18)22(20,21)14-9-7-13(17)8-10-14/h2-3,5-10H,4,11-12H2,1H3. The van der Waals surface area contributed by atoms with E-state index in [4.69, 9.17) is 11.6 Å². The second kappa shape index (κ2) is 5.82. The number of sulfonamides is 1. The number of anilines is 2. The number of fused-ring (bicyclic) bond motifs is 1. The van der Waals surface area contributed by atoms with Gasteiger partial charge in [0.1, 0.15) is 0 Å². The predicted octanol–water partition coefficient (Wildman–Crippen LogP) is 3.38. The molecule has 2 aromatic carbocycles. The van der Waals surface area contributed by atoms with E-state index in [1.807, 2.05) is 31.3 Å². The second-order valence-corrected chi connectivity index (χ2v) is 7.59. The number of para-hydroxylation sites is 2. The molecule has 22 heavy (non-hydrogen) atoms. The van der Waals surface area contributed by atoms with E-state index < -0.39 is 10.0 Å². The molecule has 0 amide bonds. The van der Waals surface area contributed by atoms with E-state index in [1.165, 1.54) is 4.31 Å². The van der Waals surface area contributed by atoms with Crippen molar-refractivity contribution in [2.75, 3.05) is 29.3 Å². The van der Waals surface area contributed by atoms with Crippen molar-refractivity contribution in [3.8, 4) is 0 Å². The van der Waals surface area contributed by atoms with Gasteiger partial charge in [0, 0.05) is 25.2 Å². The number of hydrogen-bond acceptors (Lipinski definition) is 3. The Balaban J connectivity index is 2.10. The van der Waals surface area contributed by atoms with Crippen LogP contribution in [0.1, 0.15) is 6.42 Å². The fourth-order valence-electron chi connectivity index (χ4n) is 2.67. The molecular weight excluding hydrogens is 320 g/mol. The highest BCUT2D eigenvalue weighted by Crippen LogP contribution is 2.35. The molecule has 0 saturated carbocycles. The lowest BCUT2D eigenvalue weighted by atomic mass is 10.2. The maximum atomic E-state index is 13.0. The van der Waals surface area contributed by atoms with Crippen molar-refractivity contribution in [2.45, 2.75) is 11.3 Å². The zero-order valence-corrected chi connectivity index (χ0v) is 13.8. The number of rotatable bonds is 2. The predicted molar refractivity (Wildman–Crippen MR) is 90.3 cm³/mol. The van der Waals surface area contributed by atoms with Crippen molar-refractivity contribution in [3.05, 3.63) is 53.6 Å². The molecule has 0 saturated heterocycles. The van der Waals surface area contributed by atoms with Gasteiger partial charge in [0.2, 0.25) is 0 Å². The lowest BCUT2D eigenvalue weighted by Crippen LogP contribution is -2.31. The van der Waals surface area contributed by atoms with Gasteiger partial charge in [-0.1, -0.05) is 23.7 Å². The topological polar surface area (TPSA) is 40.6 Å². The highest BCUT2D eigenvalue weighted by atomic mass is 35.5. The fourth-order valence-corrected chi connectivity index (χ4v) is 4.32. The molecule has 0 bridgehead atoms. The summed E-state index contributed by atoms with van der Waals surface area (Å²) in [6.07, 6.45) is 0.776. The van der Waals surface area contributed by atoms with Gasteiger partial charge in [-0.3, -0.25) is 4.31 Å². The summed E-state index contributed by atoms with van der Waals surface area (Å²) in [5, 5.41) is 0.523. The molecule has 1 aliphatic rings. The summed E-state index contributed by atoms with van der Waals surface area (Å²) < 4.78 is 27.5. The molecule has 4 nitrogen and oxygen atoms in total. The molecule has 0 spiro atoms. The van der Waals surface area contributed by atoms with Gasteiger partial charge >= 0.3 is 0 Å². The van der Waals surface area contributed by atoms with Crippen molar-refractivity contribution in [2.24, 2.45) is 0 Å². The summed E-state index contributed by atoms with van der Waals surface area (Å²) in [6, 6.07) is 13.9. The zero-order chi connectivity index (χ0) is 15.7. The zero-order valence-electron chi connectivity index (χ0n) is 12.2. The molecule has 0 radical (unpaired) electrons. The largest absolute Gasteiger partial charge is 0.373 e. The summed E-state index contributed by atoms with van der Waals surface area (Å²) in [6.45, 7) is 1.29. The average Bonchev–Trinajstić information content (AvgIpc) is 2.68. The third-order valence-electron chi connectivity index (χ3n) is 3.82. The van der Waals surface area contributed by atoms with E-state index in [-0.39, 0.29) is 4.90 Å². The van der Waals surface area contributed by atoms with Gasteiger partial charge in [0.25, 0.3) is 10.0 Å². The van der Waals surface area contributed by atoms with Crippen LogP contribution in [0, 0.1) is 0 Å². The molecule has 0 unspecified atom stereocenters. The molecule has 1 heterocycles. The van der Waals surface area contributed by atoms with Crippen LogP contribution in [0.5, 0.6) is 0 Å². The molecule has 0 atom stereocenters. The molecule has 0 aromatic heterocycles. The van der Waals surface area contributed by atoms with Crippen LogP contribution < -0.4 is 9.21 Å². The summed E-state index contributed by atoms with van der Waals surface area (Å²) in [5.74, 6) is 0. The van der Waals surface area contributed by atoms with Gasteiger partial charge in [0.05, 0.1) is 16.3 Å². The van der Waals surface area contributed by atoms with Crippen molar-refractivity contribution < 1.29 is 8.42 Å². The Labute approximate surface area is 136 Å². The van der Waals surface area contributed by atoms with Crippen LogP contribution >= 0.6 is 11.6 Å². The van der Waals surface area contributed by atoms with E-state index >= 15 is 0 Å². The number of benzene rings is 2. The minimum atomic E-state index is -3.59. The molecule has 116 valence electrons. The Morgan fingerprint density at radius 1 is 0.955 bits per heavy atom. The first-order chi connectivity index (χ1) is 10.5.